The Hall–Kier alpha value is -3.91. The zero-order valence-electron chi connectivity index (χ0n) is 28.3. The van der Waals surface area contributed by atoms with E-state index in [0.717, 1.165) is 5.56 Å². The molecule has 2 aromatic rings. The van der Waals surface area contributed by atoms with Crippen LogP contribution in [0.3, 0.4) is 0 Å². The fraction of sp³-hybridized carbons (Fsp3) is 0.543. The van der Waals surface area contributed by atoms with Crippen LogP contribution >= 0.6 is 11.6 Å². The number of benzene rings is 2. The average Bonchev–Trinajstić information content (AvgIpc) is 3.51. The molecule has 6 atom stereocenters. The minimum absolute atomic E-state index is 0.0473. The van der Waals surface area contributed by atoms with E-state index in [-0.39, 0.29) is 45.4 Å². The smallest absolute Gasteiger partial charge is 0.245 e. The molecule has 0 saturated carbocycles. The van der Waals surface area contributed by atoms with E-state index in [1.807, 2.05) is 44.2 Å². The Balaban J connectivity index is 1.47. The number of likely N-dealkylation sites (N-methyl/N-ethyl adjacent to an activating group) is 1. The molecule has 13 nitrogen and oxygen atoms in total. The molecule has 0 spiro atoms. The molecule has 4 amide bonds. The topological polar surface area (TPSA) is 159 Å². The highest BCUT2D eigenvalue weighted by Crippen LogP contribution is 2.37. The lowest BCUT2D eigenvalue weighted by Crippen LogP contribution is -2.60. The van der Waals surface area contributed by atoms with Gasteiger partial charge in [0.25, 0.3) is 0 Å². The van der Waals surface area contributed by atoms with Crippen LogP contribution in [0.15, 0.2) is 42.5 Å². The van der Waals surface area contributed by atoms with Crippen molar-refractivity contribution in [2.24, 2.45) is 5.92 Å². The quantitative estimate of drug-likeness (QED) is 0.352. The predicted octanol–water partition coefficient (Wildman–Crippen LogP) is 1.62. The third-order valence-electron chi connectivity index (χ3n) is 9.19. The minimum Gasteiger partial charge on any atom is -0.454 e. The summed E-state index contributed by atoms with van der Waals surface area (Å²) in [4.78, 5) is 57.9. The van der Waals surface area contributed by atoms with Gasteiger partial charge in [0, 0.05) is 44.3 Å². The van der Waals surface area contributed by atoms with Crippen LogP contribution < -0.4 is 25.4 Å². The largest absolute Gasteiger partial charge is 0.454 e. The van der Waals surface area contributed by atoms with Crippen molar-refractivity contribution < 1.29 is 38.5 Å². The van der Waals surface area contributed by atoms with Crippen molar-refractivity contribution >= 4 is 35.2 Å². The summed E-state index contributed by atoms with van der Waals surface area (Å²) in [5.74, 6) is -0.757. The zero-order valence-corrected chi connectivity index (χ0v) is 29.1. The van der Waals surface area contributed by atoms with Crippen LogP contribution in [0.4, 0.5) is 0 Å². The number of ether oxygens (including phenoxy) is 3. The average molecular weight is 700 g/mol. The summed E-state index contributed by atoms with van der Waals surface area (Å²) in [5, 5.41) is 20.6. The molecule has 0 unspecified atom stereocenters. The van der Waals surface area contributed by atoms with E-state index >= 15 is 0 Å². The van der Waals surface area contributed by atoms with E-state index in [2.05, 4.69) is 16.0 Å². The van der Waals surface area contributed by atoms with E-state index in [1.54, 1.807) is 24.0 Å². The summed E-state index contributed by atoms with van der Waals surface area (Å²) >= 11 is 6.62. The standard InChI is InChI=1S/C35H46ClN5O8/c1-20(2)12-27-35(46)40(4)21(3)33(44)39-26(13-22-8-6-5-7-9-22)34(45)38-25-10-11-47-30(32(25)43)17-41(18-31(42)37-27)16-23-14-28-29(15-24(23)36)49-19-48-28/h5-9,14-15,20-21,25-27,30,32,43H,10-13,16-19H2,1-4H3,(H,37,42)(H,38,45)(H,39,44)/t21-,25-,26-,27+,30+,32-/m0/s1. The third kappa shape index (κ3) is 9.21. The SMILES string of the molecule is CC(C)C[C@H]1NC(=O)CN(Cc2cc3c(cc2Cl)OCO3)C[C@H]2OCC[C@H](NC(=O)[C@H](Cc3ccccc3)NC(=O)[C@H](C)N(C)C1=O)[C@@H]2O. The maximum atomic E-state index is 13.8. The fourth-order valence-corrected chi connectivity index (χ4v) is 6.55. The van der Waals surface area contributed by atoms with Crippen molar-refractivity contribution in [3.05, 3.63) is 58.6 Å². The van der Waals surface area contributed by atoms with Gasteiger partial charge in [0.05, 0.1) is 18.7 Å². The molecule has 0 aliphatic carbocycles. The summed E-state index contributed by atoms with van der Waals surface area (Å²) < 4.78 is 17.0. The van der Waals surface area contributed by atoms with Crippen molar-refractivity contribution in [1.82, 2.24) is 25.8 Å². The molecular weight excluding hydrogens is 654 g/mol. The van der Waals surface area contributed by atoms with Crippen LogP contribution in [-0.2, 0) is 36.9 Å². The van der Waals surface area contributed by atoms with E-state index < -0.39 is 60.0 Å². The van der Waals surface area contributed by atoms with Crippen molar-refractivity contribution in [2.45, 2.75) is 83.0 Å². The van der Waals surface area contributed by atoms with Gasteiger partial charge in [-0.2, -0.15) is 0 Å². The highest BCUT2D eigenvalue weighted by atomic mass is 35.5. The normalized spacial score (nSPS) is 27.4. The van der Waals surface area contributed by atoms with Crippen LogP contribution in [0.1, 0.15) is 44.7 Å². The van der Waals surface area contributed by atoms with Gasteiger partial charge in [-0.1, -0.05) is 55.8 Å². The van der Waals surface area contributed by atoms with Gasteiger partial charge in [-0.05, 0) is 42.9 Å². The Morgan fingerprint density at radius 2 is 1.69 bits per heavy atom. The number of aliphatic hydroxyl groups is 1. The van der Waals surface area contributed by atoms with Crippen LogP contribution in [0.2, 0.25) is 5.02 Å². The monoisotopic (exact) mass is 699 g/mol. The Labute approximate surface area is 291 Å². The Bertz CT molecular complexity index is 1510. The van der Waals surface area contributed by atoms with E-state index in [9.17, 15) is 24.3 Å². The number of hydrogen-bond acceptors (Lipinski definition) is 9. The first-order valence-corrected chi connectivity index (χ1v) is 17.1. The van der Waals surface area contributed by atoms with E-state index in [4.69, 9.17) is 25.8 Å². The maximum Gasteiger partial charge on any atom is 0.245 e. The molecule has 2 fully saturated rings. The van der Waals surface area contributed by atoms with Gasteiger partial charge < -0.3 is 40.2 Å². The number of hydrogen-bond donors (Lipinski definition) is 4. The molecule has 0 aromatic heterocycles. The first kappa shape index (κ1) is 36.4. The number of halogens is 1. The van der Waals surface area contributed by atoms with Gasteiger partial charge in [0.1, 0.15) is 24.2 Å². The Morgan fingerprint density at radius 3 is 2.41 bits per heavy atom. The summed E-state index contributed by atoms with van der Waals surface area (Å²) in [6.07, 6.45) is -1.03. The van der Waals surface area contributed by atoms with Crippen molar-refractivity contribution in [1.29, 1.82) is 0 Å². The number of carbonyl (C=O) groups is 4. The third-order valence-corrected chi connectivity index (χ3v) is 9.54. The van der Waals surface area contributed by atoms with Gasteiger partial charge in [-0.25, -0.2) is 0 Å². The molecule has 5 rings (SSSR count). The molecule has 2 aromatic carbocycles. The first-order chi connectivity index (χ1) is 23.4. The maximum absolute atomic E-state index is 13.8. The van der Waals surface area contributed by atoms with Crippen molar-refractivity contribution in [3.63, 3.8) is 0 Å². The lowest BCUT2D eigenvalue weighted by Gasteiger charge is -2.38. The number of carbonyl (C=O) groups excluding carboxylic acids is 4. The number of amides is 4. The molecular formula is C35H46ClN5O8. The summed E-state index contributed by atoms with van der Waals surface area (Å²) in [5.41, 5.74) is 1.49. The number of nitrogens with one attached hydrogen (secondary N) is 3. The molecule has 14 heteroatoms. The van der Waals surface area contributed by atoms with Crippen LogP contribution in [-0.4, -0.2) is 108 Å². The lowest BCUT2D eigenvalue weighted by atomic mass is 9.97. The molecule has 3 aliphatic rings. The second-order valence-corrected chi connectivity index (χ2v) is 13.8. The Kier molecular flexibility index (Phi) is 12.0. The van der Waals surface area contributed by atoms with Gasteiger partial charge >= 0.3 is 0 Å². The Morgan fingerprint density at radius 1 is 0.980 bits per heavy atom. The number of aliphatic hydroxyl groups excluding tert-OH is 1. The van der Waals surface area contributed by atoms with Crippen molar-refractivity contribution in [3.8, 4) is 11.5 Å². The number of nitrogens with zero attached hydrogens (tertiary/aromatic N) is 2. The molecule has 49 heavy (non-hydrogen) atoms. The van der Waals surface area contributed by atoms with Gasteiger partial charge in [-0.3, -0.25) is 24.1 Å². The zero-order chi connectivity index (χ0) is 35.2. The van der Waals surface area contributed by atoms with Crippen molar-refractivity contribution in [2.75, 3.05) is 33.5 Å². The summed E-state index contributed by atoms with van der Waals surface area (Å²) in [7, 11) is 1.51. The molecule has 266 valence electrons. The molecule has 2 bridgehead atoms. The number of fused-ring (bicyclic) bond motifs is 3. The lowest BCUT2D eigenvalue weighted by molar-refractivity contribution is -0.142. The summed E-state index contributed by atoms with van der Waals surface area (Å²) in [6, 6.07) is 9.16. The van der Waals surface area contributed by atoms with E-state index in [1.165, 1.54) is 11.9 Å². The summed E-state index contributed by atoms with van der Waals surface area (Å²) in [6.45, 7) is 5.92. The molecule has 3 aliphatic heterocycles. The van der Waals surface area contributed by atoms with Gasteiger partial charge in [0.2, 0.25) is 30.4 Å². The highest BCUT2D eigenvalue weighted by molar-refractivity contribution is 6.31. The molecule has 0 radical (unpaired) electrons. The van der Waals surface area contributed by atoms with Crippen LogP contribution in [0, 0.1) is 5.92 Å². The number of rotatable bonds is 6. The van der Waals surface area contributed by atoms with Gasteiger partial charge in [0.15, 0.2) is 11.5 Å². The minimum atomic E-state index is -1.13. The molecule has 4 N–H and O–H groups in total. The predicted molar refractivity (Wildman–Crippen MR) is 181 cm³/mol. The highest BCUT2D eigenvalue weighted by Gasteiger charge is 2.38. The second kappa shape index (κ2) is 16.2. The van der Waals surface area contributed by atoms with Gasteiger partial charge in [-0.15, -0.1) is 0 Å². The fourth-order valence-electron chi connectivity index (χ4n) is 6.34. The second-order valence-electron chi connectivity index (χ2n) is 13.4. The first-order valence-electron chi connectivity index (χ1n) is 16.7. The molecule has 3 heterocycles. The van der Waals surface area contributed by atoms with Crippen LogP contribution in [0.5, 0.6) is 11.5 Å². The van der Waals surface area contributed by atoms with E-state index in [0.29, 0.717) is 34.9 Å². The molecule has 2 saturated heterocycles. The van der Waals surface area contributed by atoms with Crippen LogP contribution in [0.25, 0.3) is 0 Å².